The third kappa shape index (κ3) is 5.60. The molecule has 1 aromatic carbocycles. The lowest BCUT2D eigenvalue weighted by atomic mass is 10.0. The molecule has 0 heterocycles. The molecule has 0 saturated heterocycles. The standard InChI is InChI=1S/C14H21N3O3/c1-10(2)11-4-6-12(7-5-11)20-9-8-13(18)16-17-14(19)15-3/h4-7,10H,8-9H2,1-3H3,(H,16,18)(H2,15,17,19). The number of hydrogen-bond donors (Lipinski definition) is 3. The lowest BCUT2D eigenvalue weighted by Crippen LogP contribution is -2.46. The van der Waals surface area contributed by atoms with Crippen LogP contribution < -0.4 is 20.9 Å². The first kappa shape index (κ1) is 15.8. The average molecular weight is 279 g/mol. The van der Waals surface area contributed by atoms with E-state index in [4.69, 9.17) is 4.74 Å². The Kier molecular flexibility index (Phi) is 6.36. The van der Waals surface area contributed by atoms with Crippen LogP contribution in [0.4, 0.5) is 4.79 Å². The van der Waals surface area contributed by atoms with Gasteiger partial charge in [0.15, 0.2) is 0 Å². The highest BCUT2D eigenvalue weighted by molar-refractivity contribution is 5.80. The van der Waals surface area contributed by atoms with Crippen molar-refractivity contribution in [2.45, 2.75) is 26.2 Å². The summed E-state index contributed by atoms with van der Waals surface area (Å²) in [4.78, 5) is 22.2. The summed E-state index contributed by atoms with van der Waals surface area (Å²) in [6.45, 7) is 4.50. The fraction of sp³-hybridized carbons (Fsp3) is 0.429. The van der Waals surface area contributed by atoms with E-state index in [1.54, 1.807) is 0 Å². The topological polar surface area (TPSA) is 79.5 Å². The van der Waals surface area contributed by atoms with Crippen molar-refractivity contribution in [1.82, 2.24) is 16.2 Å². The molecule has 6 heteroatoms. The molecule has 0 aliphatic rings. The molecule has 6 nitrogen and oxygen atoms in total. The van der Waals surface area contributed by atoms with Gasteiger partial charge < -0.3 is 10.1 Å². The summed E-state index contributed by atoms with van der Waals surface area (Å²) >= 11 is 0. The van der Waals surface area contributed by atoms with E-state index in [1.807, 2.05) is 24.3 Å². The minimum atomic E-state index is -0.469. The molecule has 0 aromatic heterocycles. The van der Waals surface area contributed by atoms with Gasteiger partial charge in [0, 0.05) is 7.05 Å². The summed E-state index contributed by atoms with van der Waals surface area (Å²) in [5, 5.41) is 2.32. The number of amides is 3. The van der Waals surface area contributed by atoms with Gasteiger partial charge >= 0.3 is 6.03 Å². The van der Waals surface area contributed by atoms with Gasteiger partial charge in [-0.2, -0.15) is 0 Å². The Hall–Kier alpha value is -2.24. The van der Waals surface area contributed by atoms with Crippen molar-refractivity contribution in [3.8, 4) is 5.75 Å². The number of nitrogens with one attached hydrogen (secondary N) is 3. The van der Waals surface area contributed by atoms with E-state index >= 15 is 0 Å². The molecule has 20 heavy (non-hydrogen) atoms. The molecular weight excluding hydrogens is 258 g/mol. The molecule has 1 rings (SSSR count). The minimum absolute atomic E-state index is 0.163. The van der Waals surface area contributed by atoms with Crippen molar-refractivity contribution in [1.29, 1.82) is 0 Å². The molecular formula is C14H21N3O3. The van der Waals surface area contributed by atoms with E-state index in [-0.39, 0.29) is 18.9 Å². The van der Waals surface area contributed by atoms with Crippen molar-refractivity contribution in [2.24, 2.45) is 0 Å². The summed E-state index contributed by atoms with van der Waals surface area (Å²) in [5.74, 6) is 0.888. The smallest absolute Gasteiger partial charge is 0.333 e. The van der Waals surface area contributed by atoms with Crippen molar-refractivity contribution in [2.75, 3.05) is 13.7 Å². The highest BCUT2D eigenvalue weighted by Gasteiger charge is 2.04. The lowest BCUT2D eigenvalue weighted by Gasteiger charge is -2.09. The van der Waals surface area contributed by atoms with E-state index in [9.17, 15) is 9.59 Å². The van der Waals surface area contributed by atoms with Crippen LogP contribution in [0.2, 0.25) is 0 Å². The van der Waals surface area contributed by atoms with Gasteiger partial charge in [-0.1, -0.05) is 26.0 Å². The number of carbonyl (C=O) groups excluding carboxylic acids is 2. The minimum Gasteiger partial charge on any atom is -0.493 e. The fourth-order valence-electron chi connectivity index (χ4n) is 1.46. The van der Waals surface area contributed by atoms with Gasteiger partial charge in [0.2, 0.25) is 5.91 Å². The molecule has 0 unspecified atom stereocenters. The molecule has 0 atom stereocenters. The fourth-order valence-corrected chi connectivity index (χ4v) is 1.46. The Morgan fingerprint density at radius 2 is 1.80 bits per heavy atom. The van der Waals surface area contributed by atoms with Crippen LogP contribution in [0.5, 0.6) is 5.75 Å². The van der Waals surface area contributed by atoms with E-state index in [2.05, 4.69) is 30.0 Å². The molecule has 0 radical (unpaired) electrons. The number of hydrogen-bond acceptors (Lipinski definition) is 3. The van der Waals surface area contributed by atoms with Crippen molar-refractivity contribution in [3.63, 3.8) is 0 Å². The van der Waals surface area contributed by atoms with Crippen LogP contribution in [0.25, 0.3) is 0 Å². The molecule has 0 aliphatic heterocycles. The molecule has 0 bridgehead atoms. The number of ether oxygens (including phenoxy) is 1. The summed E-state index contributed by atoms with van der Waals surface area (Å²) < 4.78 is 5.46. The average Bonchev–Trinajstić information content (AvgIpc) is 2.45. The van der Waals surface area contributed by atoms with Crippen molar-refractivity contribution in [3.05, 3.63) is 29.8 Å². The molecule has 0 saturated carbocycles. The number of carbonyl (C=O) groups is 2. The highest BCUT2D eigenvalue weighted by atomic mass is 16.5. The quantitative estimate of drug-likeness (QED) is 0.715. The second-order valence-electron chi connectivity index (χ2n) is 4.57. The van der Waals surface area contributed by atoms with Crippen LogP contribution in [-0.4, -0.2) is 25.6 Å². The van der Waals surface area contributed by atoms with Gasteiger partial charge in [-0.15, -0.1) is 0 Å². The maximum atomic E-state index is 11.4. The van der Waals surface area contributed by atoms with Gasteiger partial charge in [0.25, 0.3) is 0 Å². The summed E-state index contributed by atoms with van der Waals surface area (Å²) in [6.07, 6.45) is 0.163. The molecule has 0 fully saturated rings. The first-order valence-electron chi connectivity index (χ1n) is 6.52. The van der Waals surface area contributed by atoms with E-state index in [0.29, 0.717) is 5.92 Å². The van der Waals surface area contributed by atoms with Crippen LogP contribution >= 0.6 is 0 Å². The molecule has 0 aliphatic carbocycles. The van der Waals surface area contributed by atoms with Gasteiger partial charge in [0.05, 0.1) is 13.0 Å². The predicted octanol–water partition coefficient (Wildman–Crippen LogP) is 1.54. The second kappa shape index (κ2) is 8.04. The maximum absolute atomic E-state index is 11.4. The first-order valence-corrected chi connectivity index (χ1v) is 6.52. The zero-order valence-corrected chi connectivity index (χ0v) is 12.0. The Labute approximate surface area is 118 Å². The van der Waals surface area contributed by atoms with Gasteiger partial charge in [-0.25, -0.2) is 10.2 Å². The summed E-state index contributed by atoms with van der Waals surface area (Å²) in [5.41, 5.74) is 5.70. The summed E-state index contributed by atoms with van der Waals surface area (Å²) in [7, 11) is 1.46. The van der Waals surface area contributed by atoms with Gasteiger partial charge in [0.1, 0.15) is 5.75 Å². The lowest BCUT2D eigenvalue weighted by molar-refractivity contribution is -0.122. The van der Waals surface area contributed by atoms with Gasteiger partial charge in [-0.3, -0.25) is 10.2 Å². The van der Waals surface area contributed by atoms with Gasteiger partial charge in [-0.05, 0) is 23.6 Å². The van der Waals surface area contributed by atoms with E-state index in [0.717, 1.165) is 5.75 Å². The Balaban J connectivity index is 2.26. The van der Waals surface area contributed by atoms with E-state index in [1.165, 1.54) is 12.6 Å². The molecule has 3 N–H and O–H groups in total. The van der Waals surface area contributed by atoms with Crippen molar-refractivity contribution < 1.29 is 14.3 Å². The van der Waals surface area contributed by atoms with Crippen LogP contribution in [0.15, 0.2) is 24.3 Å². The normalized spacial score (nSPS) is 10.0. The Morgan fingerprint density at radius 3 is 2.35 bits per heavy atom. The maximum Gasteiger partial charge on any atom is 0.333 e. The van der Waals surface area contributed by atoms with Crippen LogP contribution in [0.3, 0.4) is 0 Å². The molecule has 0 spiro atoms. The summed E-state index contributed by atoms with van der Waals surface area (Å²) in [6, 6.07) is 7.32. The number of hydrazine groups is 1. The Bertz CT molecular complexity index is 443. The zero-order chi connectivity index (χ0) is 15.0. The van der Waals surface area contributed by atoms with Crippen LogP contribution in [0.1, 0.15) is 31.7 Å². The molecule has 1 aromatic rings. The van der Waals surface area contributed by atoms with Crippen LogP contribution in [0, 0.1) is 0 Å². The number of urea groups is 1. The van der Waals surface area contributed by atoms with Crippen LogP contribution in [-0.2, 0) is 4.79 Å². The number of benzene rings is 1. The number of rotatable bonds is 5. The first-order chi connectivity index (χ1) is 9.52. The Morgan fingerprint density at radius 1 is 1.15 bits per heavy atom. The van der Waals surface area contributed by atoms with Crippen molar-refractivity contribution >= 4 is 11.9 Å². The predicted molar refractivity (Wildman–Crippen MR) is 76.4 cm³/mol. The largest absolute Gasteiger partial charge is 0.493 e. The zero-order valence-electron chi connectivity index (χ0n) is 12.0. The monoisotopic (exact) mass is 279 g/mol. The third-order valence-electron chi connectivity index (χ3n) is 2.69. The third-order valence-corrected chi connectivity index (χ3v) is 2.69. The SMILES string of the molecule is CNC(=O)NNC(=O)CCOc1ccc(C(C)C)cc1. The van der Waals surface area contributed by atoms with E-state index < -0.39 is 6.03 Å². The second-order valence-corrected chi connectivity index (χ2v) is 4.57. The highest BCUT2D eigenvalue weighted by Crippen LogP contribution is 2.18. The molecule has 3 amide bonds. The molecule has 110 valence electrons.